The molecule has 3 heterocycles. The molecule has 8 heteroatoms. The number of rotatable bonds is 4. The first-order valence-corrected chi connectivity index (χ1v) is 11.1. The van der Waals surface area contributed by atoms with Crippen molar-refractivity contribution in [3.63, 3.8) is 0 Å². The third-order valence-corrected chi connectivity index (χ3v) is 6.69. The van der Waals surface area contributed by atoms with Crippen LogP contribution in [0.15, 0.2) is 88.4 Å². The van der Waals surface area contributed by atoms with Crippen LogP contribution in [0.5, 0.6) is 11.6 Å². The van der Waals surface area contributed by atoms with Gasteiger partial charge < -0.3 is 9.84 Å². The summed E-state index contributed by atoms with van der Waals surface area (Å²) in [6, 6.07) is 17.1. The molecular formula is C25H21ClN5O2+. The summed E-state index contributed by atoms with van der Waals surface area (Å²) in [4.78, 5) is 13.9. The van der Waals surface area contributed by atoms with Gasteiger partial charge in [0.15, 0.2) is 0 Å². The Morgan fingerprint density at radius 3 is 2.64 bits per heavy atom. The first kappa shape index (κ1) is 20.3. The molecule has 2 aliphatic heterocycles. The second kappa shape index (κ2) is 7.60. The SMILES string of the molecule is N[N+]12C=CN=CC1=C(C1CC(O)C1)N=C2c1ccc2ccc(Oc3ccccc3)nc2c1Cl. The van der Waals surface area contributed by atoms with Crippen molar-refractivity contribution in [2.45, 2.75) is 18.9 Å². The molecule has 164 valence electrons. The number of fused-ring (bicyclic) bond motifs is 2. The maximum atomic E-state index is 9.82. The lowest BCUT2D eigenvalue weighted by Gasteiger charge is -2.31. The van der Waals surface area contributed by atoms with Gasteiger partial charge in [0.2, 0.25) is 11.6 Å². The molecule has 0 bridgehead atoms. The maximum Gasteiger partial charge on any atom is 0.266 e. The molecule has 3 aliphatic rings. The molecule has 1 fully saturated rings. The van der Waals surface area contributed by atoms with Crippen LogP contribution in [0.4, 0.5) is 0 Å². The highest BCUT2D eigenvalue weighted by atomic mass is 35.5. The monoisotopic (exact) mass is 458 g/mol. The van der Waals surface area contributed by atoms with Crippen molar-refractivity contribution in [3.05, 3.63) is 89.0 Å². The fraction of sp³-hybridized carbons (Fsp3) is 0.160. The Morgan fingerprint density at radius 1 is 1.06 bits per heavy atom. The van der Waals surface area contributed by atoms with E-state index in [2.05, 4.69) is 9.98 Å². The van der Waals surface area contributed by atoms with Crippen LogP contribution < -0.4 is 10.6 Å². The molecule has 1 aromatic heterocycles. The highest BCUT2D eigenvalue weighted by Gasteiger charge is 2.48. The molecule has 0 radical (unpaired) electrons. The normalized spacial score (nSPS) is 25.7. The van der Waals surface area contributed by atoms with Crippen LogP contribution >= 0.6 is 11.6 Å². The third kappa shape index (κ3) is 3.29. The van der Waals surface area contributed by atoms with Gasteiger partial charge in [-0.1, -0.05) is 35.9 Å². The highest BCUT2D eigenvalue weighted by Crippen LogP contribution is 2.43. The van der Waals surface area contributed by atoms with E-state index in [1.54, 1.807) is 18.6 Å². The van der Waals surface area contributed by atoms with Crippen molar-refractivity contribution in [3.8, 4) is 11.6 Å². The molecule has 1 unspecified atom stereocenters. The lowest BCUT2D eigenvalue weighted by atomic mass is 9.79. The number of hydrogen-bond donors (Lipinski definition) is 2. The molecule has 1 saturated carbocycles. The molecule has 0 amide bonds. The van der Waals surface area contributed by atoms with Gasteiger partial charge in [-0.25, -0.2) is 4.98 Å². The number of aromatic nitrogens is 1. The van der Waals surface area contributed by atoms with Crippen molar-refractivity contribution in [1.29, 1.82) is 0 Å². The number of halogens is 1. The van der Waals surface area contributed by atoms with Gasteiger partial charge in [0.1, 0.15) is 17.6 Å². The molecular weight excluding hydrogens is 438 g/mol. The number of aliphatic imine (C=N–C) groups is 2. The number of nitrogens with two attached hydrogens (primary N) is 1. The van der Waals surface area contributed by atoms with Crippen LogP contribution in [0.2, 0.25) is 5.02 Å². The maximum absolute atomic E-state index is 9.82. The summed E-state index contributed by atoms with van der Waals surface area (Å²) < 4.78 is 5.79. The predicted octanol–water partition coefficient (Wildman–Crippen LogP) is 4.67. The molecule has 3 aromatic rings. The fourth-order valence-electron chi connectivity index (χ4n) is 4.47. The number of quaternary nitrogens is 1. The smallest absolute Gasteiger partial charge is 0.266 e. The number of aliphatic hydroxyl groups is 1. The fourth-order valence-corrected chi connectivity index (χ4v) is 4.77. The quantitative estimate of drug-likeness (QED) is 0.439. The van der Waals surface area contributed by atoms with E-state index in [0.717, 1.165) is 16.8 Å². The molecule has 33 heavy (non-hydrogen) atoms. The van der Waals surface area contributed by atoms with Crippen LogP contribution in [0.25, 0.3) is 10.9 Å². The minimum Gasteiger partial charge on any atom is -0.439 e. The summed E-state index contributed by atoms with van der Waals surface area (Å²) >= 11 is 6.91. The molecule has 3 N–H and O–H groups in total. The van der Waals surface area contributed by atoms with Crippen LogP contribution in [0.1, 0.15) is 18.4 Å². The number of benzene rings is 2. The van der Waals surface area contributed by atoms with Crippen molar-refractivity contribution < 1.29 is 14.4 Å². The zero-order valence-electron chi connectivity index (χ0n) is 17.6. The number of pyridine rings is 1. The van der Waals surface area contributed by atoms with Gasteiger partial charge >= 0.3 is 0 Å². The Kier molecular flexibility index (Phi) is 4.67. The van der Waals surface area contributed by atoms with E-state index in [4.69, 9.17) is 27.2 Å². The molecule has 0 saturated heterocycles. The number of allylic oxidation sites excluding steroid dienone is 2. The number of nitrogens with zero attached hydrogens (tertiary/aromatic N) is 4. The zero-order chi connectivity index (χ0) is 22.6. The van der Waals surface area contributed by atoms with Crippen LogP contribution in [0.3, 0.4) is 0 Å². The Bertz CT molecular complexity index is 1390. The second-order valence-electron chi connectivity index (χ2n) is 8.45. The van der Waals surface area contributed by atoms with Gasteiger partial charge in [-0.05, 0) is 37.1 Å². The first-order chi connectivity index (χ1) is 16.0. The standard InChI is InChI=1S/C25H21ClN5O2/c26-22-19(8-6-15-7-9-21(29-24(15)22)33-18-4-2-1-3-5-18)25-30-23(16-12-17(32)13-16)20-14-28-10-11-31(20,25)27/h1-11,14,16-17,32H,12-13,27H2/q+1. The van der Waals surface area contributed by atoms with Gasteiger partial charge in [-0.3, -0.25) is 4.99 Å². The van der Waals surface area contributed by atoms with E-state index in [1.807, 2.05) is 54.6 Å². The van der Waals surface area contributed by atoms with Gasteiger partial charge in [0.25, 0.3) is 5.84 Å². The average Bonchev–Trinajstić information content (AvgIpc) is 3.11. The summed E-state index contributed by atoms with van der Waals surface area (Å²) in [5, 5.41) is 11.2. The van der Waals surface area contributed by atoms with E-state index in [9.17, 15) is 5.11 Å². The van der Waals surface area contributed by atoms with Crippen molar-refractivity contribution >= 4 is 34.6 Å². The van der Waals surface area contributed by atoms with Crippen molar-refractivity contribution in [2.24, 2.45) is 21.7 Å². The average molecular weight is 459 g/mol. The summed E-state index contributed by atoms with van der Waals surface area (Å²) in [5.74, 6) is 8.73. The molecule has 1 aliphatic carbocycles. The van der Waals surface area contributed by atoms with Gasteiger partial charge in [-0.15, -0.1) is 4.59 Å². The molecule has 7 nitrogen and oxygen atoms in total. The minimum atomic E-state index is -0.297. The highest BCUT2D eigenvalue weighted by molar-refractivity contribution is 6.38. The van der Waals surface area contributed by atoms with Crippen molar-refractivity contribution in [1.82, 2.24) is 4.98 Å². The van der Waals surface area contributed by atoms with Crippen LogP contribution in [-0.2, 0) is 0 Å². The minimum absolute atomic E-state index is 0.114. The van der Waals surface area contributed by atoms with Gasteiger partial charge in [0, 0.05) is 17.4 Å². The Balaban J connectivity index is 1.43. The number of hydrogen-bond acceptors (Lipinski definition) is 6. The summed E-state index contributed by atoms with van der Waals surface area (Å²) in [5.41, 5.74) is 2.97. The van der Waals surface area contributed by atoms with E-state index in [1.165, 1.54) is 0 Å². The molecule has 6 rings (SSSR count). The molecule has 1 atom stereocenters. The second-order valence-corrected chi connectivity index (χ2v) is 8.82. The van der Waals surface area contributed by atoms with E-state index >= 15 is 0 Å². The molecule has 2 aromatic carbocycles. The van der Waals surface area contributed by atoms with Crippen molar-refractivity contribution in [2.75, 3.05) is 0 Å². The van der Waals surface area contributed by atoms with Crippen LogP contribution in [-0.4, -0.2) is 32.8 Å². The van der Waals surface area contributed by atoms with Crippen LogP contribution in [0, 0.1) is 5.92 Å². The van der Waals surface area contributed by atoms with E-state index < -0.39 is 0 Å². The summed E-state index contributed by atoms with van der Waals surface area (Å²) in [7, 11) is 0. The zero-order valence-corrected chi connectivity index (χ0v) is 18.4. The van der Waals surface area contributed by atoms with Gasteiger partial charge in [-0.2, -0.15) is 10.8 Å². The number of para-hydroxylation sites is 1. The predicted molar refractivity (Wildman–Crippen MR) is 128 cm³/mol. The third-order valence-electron chi connectivity index (χ3n) is 6.30. The Hall–Kier alpha value is -3.36. The largest absolute Gasteiger partial charge is 0.439 e. The summed E-state index contributed by atoms with van der Waals surface area (Å²) in [6.45, 7) is 0. The molecule has 0 spiro atoms. The van der Waals surface area contributed by atoms with E-state index in [-0.39, 0.29) is 16.6 Å². The number of amidine groups is 1. The van der Waals surface area contributed by atoms with E-state index in [0.29, 0.717) is 46.4 Å². The Morgan fingerprint density at radius 2 is 1.85 bits per heavy atom. The number of ether oxygens (including phenoxy) is 1. The Labute approximate surface area is 195 Å². The lowest BCUT2D eigenvalue weighted by molar-refractivity contribution is -0.750. The lowest BCUT2D eigenvalue weighted by Crippen LogP contribution is -2.53. The summed E-state index contributed by atoms with van der Waals surface area (Å²) in [6.07, 6.45) is 6.24. The number of aliphatic hydroxyl groups excluding tert-OH is 1. The topological polar surface area (TPSA) is 93.1 Å². The van der Waals surface area contributed by atoms with Gasteiger partial charge in [0.05, 0.1) is 34.6 Å². The first-order valence-electron chi connectivity index (χ1n) is 10.8.